The van der Waals surface area contributed by atoms with E-state index in [0.717, 1.165) is 12.2 Å². The van der Waals surface area contributed by atoms with Crippen molar-refractivity contribution in [3.63, 3.8) is 0 Å². The van der Waals surface area contributed by atoms with Crippen molar-refractivity contribution >= 4 is 10.1 Å². The number of hydrogen-bond donors (Lipinski definition) is 0. The molecule has 11 nitrogen and oxygen atoms in total. The minimum atomic E-state index is -3.75. The summed E-state index contributed by atoms with van der Waals surface area (Å²) in [5.41, 5.74) is 1.37. The van der Waals surface area contributed by atoms with E-state index >= 15 is 0 Å². The summed E-state index contributed by atoms with van der Waals surface area (Å²) < 4.78 is 73.0. The van der Waals surface area contributed by atoms with Gasteiger partial charge in [0, 0.05) is 0 Å². The van der Waals surface area contributed by atoms with Crippen LogP contribution < -0.4 is 4.74 Å². The third-order valence-electron chi connectivity index (χ3n) is 7.22. The first kappa shape index (κ1) is 43.0. The monoisotopic (exact) mass is 712 g/mol. The maximum absolute atomic E-state index is 12.0. The van der Waals surface area contributed by atoms with E-state index in [4.69, 9.17) is 42.1 Å². The van der Waals surface area contributed by atoms with E-state index in [9.17, 15) is 8.42 Å². The molecule has 0 spiro atoms. The van der Waals surface area contributed by atoms with Crippen molar-refractivity contribution in [3.05, 3.63) is 60.2 Å². The van der Waals surface area contributed by atoms with E-state index < -0.39 is 10.1 Å². The third kappa shape index (κ3) is 24.6. The summed E-state index contributed by atoms with van der Waals surface area (Å²) in [7, 11) is -3.75. The van der Waals surface area contributed by atoms with Crippen LogP contribution in [0.1, 0.15) is 57.4 Å². The van der Waals surface area contributed by atoms with Gasteiger partial charge in [-0.1, -0.05) is 75.8 Å². The van der Waals surface area contributed by atoms with Crippen molar-refractivity contribution in [2.75, 3.05) is 106 Å². The van der Waals surface area contributed by atoms with Gasteiger partial charge in [-0.05, 0) is 42.7 Å². The predicted octanol–water partition coefficient (Wildman–Crippen LogP) is 5.88. The Kier molecular flexibility index (Phi) is 26.9. The zero-order valence-corrected chi connectivity index (χ0v) is 30.4. The molecule has 0 fully saturated rings. The lowest BCUT2D eigenvalue weighted by Crippen LogP contribution is -2.15. The molecule has 0 atom stereocenters. The second kappa shape index (κ2) is 30.7. The Hall–Kier alpha value is -2.13. The number of unbranched alkanes of at least 4 members (excludes halogenated alkanes) is 6. The first-order chi connectivity index (χ1) is 24.1. The van der Waals surface area contributed by atoms with Gasteiger partial charge < -0.3 is 37.9 Å². The predicted molar refractivity (Wildman–Crippen MR) is 189 cm³/mol. The molecule has 0 N–H and O–H groups in total. The lowest BCUT2D eigenvalue weighted by atomic mass is 10.0. The van der Waals surface area contributed by atoms with Crippen LogP contribution in [0.4, 0.5) is 0 Å². The molecule has 0 unspecified atom stereocenters. The first-order valence-electron chi connectivity index (χ1n) is 17.8. The van der Waals surface area contributed by atoms with Gasteiger partial charge in [0.2, 0.25) is 0 Å². The fourth-order valence-electron chi connectivity index (χ4n) is 4.54. The highest BCUT2D eigenvalue weighted by Crippen LogP contribution is 2.15. The maximum Gasteiger partial charge on any atom is 0.297 e. The number of hydrogen-bond acceptors (Lipinski definition) is 11. The van der Waals surface area contributed by atoms with E-state index in [0.29, 0.717) is 92.5 Å². The van der Waals surface area contributed by atoms with Gasteiger partial charge in [0.25, 0.3) is 10.1 Å². The fourth-order valence-corrected chi connectivity index (χ4v) is 5.45. The molecule has 0 bridgehead atoms. The summed E-state index contributed by atoms with van der Waals surface area (Å²) in [5, 5.41) is 0. The van der Waals surface area contributed by atoms with Gasteiger partial charge in [-0.15, -0.1) is 0 Å². The van der Waals surface area contributed by atoms with Crippen LogP contribution in [0.15, 0.2) is 59.5 Å². The van der Waals surface area contributed by atoms with Crippen molar-refractivity contribution in [3.8, 4) is 5.75 Å². The average molecular weight is 713 g/mol. The number of aryl methyl sites for hydroxylation is 1. The fraction of sp³-hybridized carbons (Fsp3) is 0.676. The molecule has 280 valence electrons. The van der Waals surface area contributed by atoms with Crippen LogP contribution in [0.25, 0.3) is 0 Å². The SMILES string of the molecule is CCCCCCCCCc1ccc(OCCOCCOCCOCCOCCOCCOCCOCCOS(=O)(=O)c2ccccc2)cc1. The molecule has 0 aliphatic rings. The van der Waals surface area contributed by atoms with Crippen molar-refractivity contribution in [2.24, 2.45) is 0 Å². The smallest absolute Gasteiger partial charge is 0.297 e. The molecule has 0 aromatic heterocycles. The highest BCUT2D eigenvalue weighted by molar-refractivity contribution is 7.86. The van der Waals surface area contributed by atoms with E-state index in [1.807, 2.05) is 12.1 Å². The Morgan fingerprint density at radius 3 is 1.33 bits per heavy atom. The van der Waals surface area contributed by atoms with Crippen LogP contribution in [0.2, 0.25) is 0 Å². The first-order valence-corrected chi connectivity index (χ1v) is 19.2. The van der Waals surface area contributed by atoms with Gasteiger partial charge in [0.15, 0.2) is 0 Å². The number of rotatable bonds is 35. The molecule has 0 aliphatic carbocycles. The molecule has 0 radical (unpaired) electrons. The zero-order chi connectivity index (χ0) is 34.9. The molecule has 0 amide bonds. The highest BCUT2D eigenvalue weighted by atomic mass is 32.2. The van der Waals surface area contributed by atoms with Crippen LogP contribution in [-0.4, -0.2) is 114 Å². The number of benzene rings is 2. The van der Waals surface area contributed by atoms with Gasteiger partial charge in [0.05, 0.1) is 104 Å². The van der Waals surface area contributed by atoms with Gasteiger partial charge in [-0.25, -0.2) is 0 Å². The molecule has 0 saturated heterocycles. The lowest BCUT2D eigenvalue weighted by Gasteiger charge is -2.09. The second-order valence-electron chi connectivity index (χ2n) is 11.2. The van der Waals surface area contributed by atoms with E-state index in [1.165, 1.54) is 62.6 Å². The second-order valence-corrected chi connectivity index (χ2v) is 12.9. The summed E-state index contributed by atoms with van der Waals surface area (Å²) in [4.78, 5) is 0.124. The Balaban J connectivity index is 1.23. The van der Waals surface area contributed by atoms with Crippen molar-refractivity contribution < 1.29 is 50.5 Å². The Labute approximate surface area is 294 Å². The summed E-state index contributed by atoms with van der Waals surface area (Å²) >= 11 is 0. The van der Waals surface area contributed by atoms with Gasteiger partial charge in [0.1, 0.15) is 12.4 Å². The topological polar surface area (TPSA) is 117 Å². The van der Waals surface area contributed by atoms with Gasteiger partial charge in [-0.2, -0.15) is 8.42 Å². The van der Waals surface area contributed by atoms with Crippen LogP contribution >= 0.6 is 0 Å². The van der Waals surface area contributed by atoms with E-state index in [-0.39, 0.29) is 18.1 Å². The van der Waals surface area contributed by atoms with Crippen molar-refractivity contribution in [2.45, 2.75) is 63.2 Å². The molecule has 2 aromatic rings. The largest absolute Gasteiger partial charge is 0.491 e. The molecule has 0 heterocycles. The average Bonchev–Trinajstić information content (AvgIpc) is 3.12. The van der Waals surface area contributed by atoms with Crippen molar-refractivity contribution in [1.29, 1.82) is 0 Å². The van der Waals surface area contributed by atoms with E-state index in [1.54, 1.807) is 18.2 Å². The standard InChI is InChI=1S/C37H60O11S/c1-2-3-4-5-6-7-9-12-35-15-17-36(18-16-35)47-33-31-45-29-27-43-25-23-41-21-19-40-20-22-42-24-26-44-28-30-46-32-34-48-49(38,39)37-13-10-8-11-14-37/h8,10-11,13-18H,2-7,9,12,19-34H2,1H3. The third-order valence-corrected chi connectivity index (χ3v) is 8.55. The molecule has 12 heteroatoms. The molecule has 2 rings (SSSR count). The van der Waals surface area contributed by atoms with Crippen molar-refractivity contribution in [1.82, 2.24) is 0 Å². The summed E-state index contributed by atoms with van der Waals surface area (Å²) in [6.07, 6.45) is 10.5. The van der Waals surface area contributed by atoms with Gasteiger partial charge in [-0.3, -0.25) is 4.18 Å². The lowest BCUT2D eigenvalue weighted by molar-refractivity contribution is -0.0218. The minimum Gasteiger partial charge on any atom is -0.491 e. The maximum atomic E-state index is 12.0. The minimum absolute atomic E-state index is 0.0542. The highest BCUT2D eigenvalue weighted by Gasteiger charge is 2.13. The Bertz CT molecular complexity index is 1100. The Morgan fingerprint density at radius 1 is 0.449 bits per heavy atom. The van der Waals surface area contributed by atoms with E-state index in [2.05, 4.69) is 19.1 Å². The normalized spacial score (nSPS) is 11.7. The number of ether oxygens (including phenoxy) is 8. The van der Waals surface area contributed by atoms with Crippen LogP contribution in [0.5, 0.6) is 5.75 Å². The van der Waals surface area contributed by atoms with Crippen LogP contribution in [0, 0.1) is 0 Å². The van der Waals surface area contributed by atoms with Crippen LogP contribution in [0.3, 0.4) is 0 Å². The molecule has 49 heavy (non-hydrogen) atoms. The Morgan fingerprint density at radius 2 is 0.857 bits per heavy atom. The molecule has 0 saturated carbocycles. The quantitative estimate of drug-likeness (QED) is 0.0630. The molecular weight excluding hydrogens is 652 g/mol. The summed E-state index contributed by atoms with van der Waals surface area (Å²) in [6.45, 7) is 8.92. The summed E-state index contributed by atoms with van der Waals surface area (Å²) in [5.74, 6) is 0.878. The molecule has 2 aromatic carbocycles. The molecular formula is C37H60O11S. The molecule has 0 aliphatic heterocycles. The van der Waals surface area contributed by atoms with Crippen LogP contribution in [-0.2, 0) is 53.9 Å². The van der Waals surface area contributed by atoms with Gasteiger partial charge >= 0.3 is 0 Å². The summed E-state index contributed by atoms with van der Waals surface area (Å²) in [6, 6.07) is 16.4. The zero-order valence-electron chi connectivity index (χ0n) is 29.6.